The normalized spacial score (nSPS) is 14.4. The number of nitrogens with zero attached hydrogens (tertiary/aromatic N) is 1. The van der Waals surface area contributed by atoms with Crippen LogP contribution in [0, 0.1) is 6.92 Å². The Hall–Kier alpha value is -1.12. The Balaban J connectivity index is 2.33. The maximum Gasteiger partial charge on any atom is 0.0742 e. The van der Waals surface area contributed by atoms with Gasteiger partial charge in [-0.2, -0.15) is 0 Å². The minimum absolute atomic E-state index is 0.532. The highest BCUT2D eigenvalue weighted by Gasteiger charge is 2.18. The monoisotopic (exact) mass is 233 g/mol. The van der Waals surface area contributed by atoms with E-state index in [0.717, 1.165) is 16.8 Å². The molecular formula is C13H12ClNO. The van der Waals surface area contributed by atoms with Crippen LogP contribution >= 0.6 is 11.6 Å². The van der Waals surface area contributed by atoms with E-state index >= 15 is 0 Å². The fourth-order valence-corrected chi connectivity index (χ4v) is 2.41. The van der Waals surface area contributed by atoms with E-state index in [1.807, 2.05) is 6.92 Å². The largest absolute Gasteiger partial charge is 0.372 e. The molecule has 1 aliphatic heterocycles. The van der Waals surface area contributed by atoms with Crippen molar-refractivity contribution in [2.24, 2.45) is 0 Å². The second kappa shape index (κ2) is 3.72. The Morgan fingerprint density at radius 2 is 2.12 bits per heavy atom. The summed E-state index contributed by atoms with van der Waals surface area (Å²) in [6, 6.07) is 6.23. The van der Waals surface area contributed by atoms with Crippen LogP contribution in [0.1, 0.15) is 22.4 Å². The van der Waals surface area contributed by atoms with Crippen LogP contribution in [-0.2, 0) is 23.8 Å². The topological polar surface area (TPSA) is 22.1 Å². The number of alkyl halides is 1. The van der Waals surface area contributed by atoms with Crippen molar-refractivity contribution in [1.29, 1.82) is 0 Å². The van der Waals surface area contributed by atoms with Crippen LogP contribution in [0.3, 0.4) is 0 Å². The number of pyridine rings is 1. The molecule has 0 radical (unpaired) electrons. The second-order valence-electron chi connectivity index (χ2n) is 4.13. The zero-order valence-electron chi connectivity index (χ0n) is 9.09. The highest BCUT2D eigenvalue weighted by molar-refractivity contribution is 6.17. The molecule has 0 N–H and O–H groups in total. The number of aryl methyl sites for hydroxylation is 1. The maximum absolute atomic E-state index is 5.83. The first-order valence-corrected chi connectivity index (χ1v) is 5.88. The van der Waals surface area contributed by atoms with E-state index in [1.165, 1.54) is 16.5 Å². The first-order chi connectivity index (χ1) is 7.79. The summed E-state index contributed by atoms with van der Waals surface area (Å²) in [5, 5.41) is 1.20. The lowest BCUT2D eigenvalue weighted by atomic mass is 10.0. The van der Waals surface area contributed by atoms with Crippen molar-refractivity contribution in [1.82, 2.24) is 4.98 Å². The van der Waals surface area contributed by atoms with E-state index in [2.05, 4.69) is 23.2 Å². The summed E-state index contributed by atoms with van der Waals surface area (Å²) in [5.41, 5.74) is 5.77. The fourth-order valence-electron chi connectivity index (χ4n) is 2.25. The van der Waals surface area contributed by atoms with Crippen molar-refractivity contribution in [2.75, 3.05) is 0 Å². The third-order valence-corrected chi connectivity index (χ3v) is 3.43. The van der Waals surface area contributed by atoms with Crippen LogP contribution in [0.25, 0.3) is 10.9 Å². The fraction of sp³-hybridized carbons (Fsp3) is 0.308. The Kier molecular flexibility index (Phi) is 2.34. The molecule has 1 aromatic carbocycles. The van der Waals surface area contributed by atoms with Gasteiger partial charge >= 0.3 is 0 Å². The van der Waals surface area contributed by atoms with Gasteiger partial charge < -0.3 is 4.74 Å². The summed E-state index contributed by atoms with van der Waals surface area (Å²) in [7, 11) is 0. The molecule has 0 aliphatic carbocycles. The van der Waals surface area contributed by atoms with Gasteiger partial charge in [-0.25, -0.2) is 0 Å². The van der Waals surface area contributed by atoms with Crippen molar-refractivity contribution in [3.8, 4) is 0 Å². The Labute approximate surface area is 99.2 Å². The maximum atomic E-state index is 5.83. The van der Waals surface area contributed by atoms with E-state index in [4.69, 9.17) is 16.3 Å². The van der Waals surface area contributed by atoms with Crippen LogP contribution in [0.2, 0.25) is 0 Å². The smallest absolute Gasteiger partial charge is 0.0742 e. The first-order valence-electron chi connectivity index (χ1n) is 5.34. The summed E-state index contributed by atoms with van der Waals surface area (Å²) >= 11 is 5.83. The summed E-state index contributed by atoms with van der Waals surface area (Å²) in [5.74, 6) is 0.532. The average Bonchev–Trinajstić information content (AvgIpc) is 2.78. The third kappa shape index (κ3) is 1.41. The van der Waals surface area contributed by atoms with Crippen LogP contribution in [0.15, 0.2) is 18.2 Å². The number of rotatable bonds is 1. The first kappa shape index (κ1) is 10.1. The van der Waals surface area contributed by atoms with Gasteiger partial charge in [0.15, 0.2) is 0 Å². The molecule has 0 spiro atoms. The zero-order valence-corrected chi connectivity index (χ0v) is 9.84. The standard InChI is InChI=1S/C13H12ClNO/c1-8-11-6-16-7-12(11)10-3-2-9(5-14)4-13(10)15-8/h2-4H,5-7H2,1H3. The van der Waals surface area contributed by atoms with Gasteiger partial charge in [-0.1, -0.05) is 12.1 Å². The molecule has 3 rings (SSSR count). The summed E-state index contributed by atoms with van der Waals surface area (Å²) in [6.45, 7) is 3.44. The molecule has 1 aliphatic rings. The number of hydrogen-bond acceptors (Lipinski definition) is 2. The molecule has 0 atom stereocenters. The predicted octanol–water partition coefficient (Wildman–Crippen LogP) is 3.31. The van der Waals surface area contributed by atoms with Gasteiger partial charge in [0.1, 0.15) is 0 Å². The van der Waals surface area contributed by atoms with E-state index < -0.39 is 0 Å². The van der Waals surface area contributed by atoms with Crippen molar-refractivity contribution in [2.45, 2.75) is 26.0 Å². The van der Waals surface area contributed by atoms with Gasteiger partial charge in [0.25, 0.3) is 0 Å². The highest BCUT2D eigenvalue weighted by atomic mass is 35.5. The molecule has 0 fully saturated rings. The summed E-state index contributed by atoms with van der Waals surface area (Å²) in [6.07, 6.45) is 0. The van der Waals surface area contributed by atoms with E-state index in [9.17, 15) is 0 Å². The number of fused-ring (bicyclic) bond motifs is 3. The van der Waals surface area contributed by atoms with E-state index in [0.29, 0.717) is 19.1 Å². The highest BCUT2D eigenvalue weighted by Crippen LogP contribution is 2.30. The molecule has 0 saturated carbocycles. The predicted molar refractivity (Wildman–Crippen MR) is 64.5 cm³/mol. The van der Waals surface area contributed by atoms with Gasteiger partial charge in [0, 0.05) is 22.5 Å². The second-order valence-corrected chi connectivity index (χ2v) is 4.40. The lowest BCUT2D eigenvalue weighted by Gasteiger charge is -2.07. The lowest BCUT2D eigenvalue weighted by molar-refractivity contribution is 0.134. The van der Waals surface area contributed by atoms with Gasteiger partial charge in [0.05, 0.1) is 18.7 Å². The molecule has 0 bridgehead atoms. The number of benzene rings is 1. The Morgan fingerprint density at radius 1 is 1.31 bits per heavy atom. The van der Waals surface area contributed by atoms with Crippen molar-refractivity contribution >= 4 is 22.5 Å². The minimum atomic E-state index is 0.532. The number of halogens is 1. The van der Waals surface area contributed by atoms with Crippen molar-refractivity contribution in [3.63, 3.8) is 0 Å². The van der Waals surface area contributed by atoms with E-state index in [1.54, 1.807) is 0 Å². The molecule has 0 saturated heterocycles. The molecule has 2 aromatic rings. The SMILES string of the molecule is Cc1nc2cc(CCl)ccc2c2c1COC2. The van der Waals surface area contributed by atoms with Crippen LogP contribution in [-0.4, -0.2) is 4.98 Å². The van der Waals surface area contributed by atoms with E-state index in [-0.39, 0.29) is 0 Å². The van der Waals surface area contributed by atoms with Crippen molar-refractivity contribution < 1.29 is 4.74 Å². The molecule has 3 heteroatoms. The van der Waals surface area contributed by atoms with Gasteiger partial charge in [-0.15, -0.1) is 11.6 Å². The minimum Gasteiger partial charge on any atom is -0.372 e. The Bertz CT molecular complexity index is 565. The lowest BCUT2D eigenvalue weighted by Crippen LogP contribution is -1.95. The zero-order chi connectivity index (χ0) is 11.1. The number of aromatic nitrogens is 1. The molecule has 0 amide bonds. The van der Waals surface area contributed by atoms with Crippen LogP contribution in [0.4, 0.5) is 0 Å². The molecular weight excluding hydrogens is 222 g/mol. The molecule has 2 nitrogen and oxygen atoms in total. The van der Waals surface area contributed by atoms with Gasteiger partial charge in [-0.3, -0.25) is 4.98 Å². The average molecular weight is 234 g/mol. The third-order valence-electron chi connectivity index (χ3n) is 3.12. The van der Waals surface area contributed by atoms with Gasteiger partial charge in [0.2, 0.25) is 0 Å². The molecule has 0 unspecified atom stereocenters. The quantitative estimate of drug-likeness (QED) is 0.705. The van der Waals surface area contributed by atoms with Crippen LogP contribution < -0.4 is 0 Å². The number of ether oxygens (including phenoxy) is 1. The van der Waals surface area contributed by atoms with Crippen molar-refractivity contribution in [3.05, 3.63) is 40.6 Å². The van der Waals surface area contributed by atoms with Crippen LogP contribution in [0.5, 0.6) is 0 Å². The summed E-state index contributed by atoms with van der Waals surface area (Å²) < 4.78 is 5.49. The molecule has 16 heavy (non-hydrogen) atoms. The molecule has 82 valence electrons. The van der Waals surface area contributed by atoms with Gasteiger partial charge in [-0.05, 0) is 24.1 Å². The molecule has 1 aromatic heterocycles. The molecule has 2 heterocycles. The number of hydrogen-bond donors (Lipinski definition) is 0. The Morgan fingerprint density at radius 3 is 2.94 bits per heavy atom. The summed E-state index contributed by atoms with van der Waals surface area (Å²) in [4.78, 5) is 4.62.